The summed E-state index contributed by atoms with van der Waals surface area (Å²) in [7, 11) is 1.17. The molecule has 0 aromatic heterocycles. The second-order valence-corrected chi connectivity index (χ2v) is 23.6. The van der Waals surface area contributed by atoms with Gasteiger partial charge in [0, 0.05) is 12.8 Å². The van der Waals surface area contributed by atoms with Gasteiger partial charge in [-0.2, -0.15) is 0 Å². The lowest BCUT2D eigenvalue weighted by atomic mass is 10.0. The molecule has 0 rings (SSSR count). The second-order valence-electron chi connectivity index (χ2n) is 22.2. The highest BCUT2D eigenvalue weighted by molar-refractivity contribution is 7.45. The van der Waals surface area contributed by atoms with Crippen LogP contribution in [0, 0.1) is 0 Å². The molecule has 0 aliphatic rings. The van der Waals surface area contributed by atoms with Crippen molar-refractivity contribution in [2.75, 3.05) is 40.9 Å². The SMILES string of the molecule is CCCCC/C=C\C/C=C\C/C=C\CCCCCCCCC(=O)OC(/C=C/CCCCCCCCCCCCC)C(COP(=O)([O-])OCC[N+](C)(C)C)NC(=O)CCCCCCC/C=C/CCCCCCCCC. The van der Waals surface area contributed by atoms with Crippen LogP contribution < -0.4 is 10.2 Å². The van der Waals surface area contributed by atoms with Crippen molar-refractivity contribution in [3.63, 3.8) is 0 Å². The summed E-state index contributed by atoms with van der Waals surface area (Å²) in [6, 6.07) is -0.899. The Balaban J connectivity index is 5.33. The van der Waals surface area contributed by atoms with Gasteiger partial charge in [0.25, 0.3) is 7.82 Å². The first-order valence-electron chi connectivity index (χ1n) is 31.1. The number of likely N-dealkylation sites (N-methyl/N-ethyl adjacent to an activating group) is 1. The third-order valence-corrected chi connectivity index (χ3v) is 14.6. The number of carbonyl (C=O) groups excluding carboxylic acids is 2. The highest BCUT2D eigenvalue weighted by Crippen LogP contribution is 2.38. The minimum absolute atomic E-state index is 0.0270. The van der Waals surface area contributed by atoms with E-state index in [1.54, 1.807) is 0 Å². The number of carbonyl (C=O) groups is 2. The van der Waals surface area contributed by atoms with Crippen molar-refractivity contribution in [2.45, 2.75) is 296 Å². The monoisotopic (exact) mass is 1060 g/mol. The molecule has 1 amide bonds. The molecule has 0 bridgehead atoms. The Bertz CT molecular complexity index is 1450. The number of nitrogens with one attached hydrogen (secondary N) is 1. The highest BCUT2D eigenvalue weighted by Gasteiger charge is 2.27. The number of amides is 1. The lowest BCUT2D eigenvalue weighted by Gasteiger charge is -2.30. The molecule has 0 saturated carbocycles. The van der Waals surface area contributed by atoms with Crippen molar-refractivity contribution >= 4 is 19.7 Å². The van der Waals surface area contributed by atoms with Gasteiger partial charge in [-0.05, 0) is 96.0 Å². The average Bonchev–Trinajstić information content (AvgIpc) is 3.36. The summed E-state index contributed by atoms with van der Waals surface area (Å²) in [6.07, 6.45) is 67.5. The van der Waals surface area contributed by atoms with Crippen LogP contribution in [0.15, 0.2) is 60.8 Å². The lowest BCUT2D eigenvalue weighted by molar-refractivity contribution is -0.870. The number of nitrogens with zero attached hydrogens (tertiary/aromatic N) is 1. The number of esters is 1. The van der Waals surface area contributed by atoms with Gasteiger partial charge in [0.05, 0.1) is 33.8 Å². The number of phosphoric ester groups is 1. The fourth-order valence-electron chi connectivity index (χ4n) is 8.82. The number of hydrogen-bond acceptors (Lipinski definition) is 7. The smallest absolute Gasteiger partial charge is 0.306 e. The molecular formula is C64H119N2O7P. The summed E-state index contributed by atoms with van der Waals surface area (Å²) in [5.74, 6) is -0.560. The van der Waals surface area contributed by atoms with E-state index >= 15 is 0 Å². The molecule has 1 N–H and O–H groups in total. The quantitative estimate of drug-likeness (QED) is 0.0212. The van der Waals surface area contributed by atoms with Crippen molar-refractivity contribution in [1.29, 1.82) is 0 Å². The van der Waals surface area contributed by atoms with Crippen molar-refractivity contribution < 1.29 is 37.3 Å². The maximum absolute atomic E-state index is 13.5. The molecule has 0 saturated heterocycles. The average molecular weight is 1060 g/mol. The molecule has 3 atom stereocenters. The molecule has 0 heterocycles. The third kappa shape index (κ3) is 54.5. The first-order valence-corrected chi connectivity index (χ1v) is 32.6. The van der Waals surface area contributed by atoms with Crippen LogP contribution in [-0.2, 0) is 27.9 Å². The van der Waals surface area contributed by atoms with Gasteiger partial charge in [0.2, 0.25) is 5.91 Å². The molecular weight excluding hydrogens is 940 g/mol. The minimum Gasteiger partial charge on any atom is -0.756 e. The first-order chi connectivity index (χ1) is 35.9. The molecule has 10 heteroatoms. The normalized spacial score (nSPS) is 14.1. The number of unbranched alkanes of at least 4 members (excludes halogenated alkanes) is 32. The van der Waals surface area contributed by atoms with Gasteiger partial charge in [0.1, 0.15) is 19.3 Å². The Morgan fingerprint density at radius 3 is 1.27 bits per heavy atom. The van der Waals surface area contributed by atoms with Crippen LogP contribution in [0.1, 0.15) is 284 Å². The highest BCUT2D eigenvalue weighted by atomic mass is 31.2. The fraction of sp³-hybridized carbons (Fsp3) is 0.812. The van der Waals surface area contributed by atoms with Crippen molar-refractivity contribution in [1.82, 2.24) is 5.32 Å². The molecule has 9 nitrogen and oxygen atoms in total. The van der Waals surface area contributed by atoms with E-state index in [0.717, 1.165) is 96.3 Å². The van der Waals surface area contributed by atoms with Gasteiger partial charge in [-0.3, -0.25) is 14.2 Å². The molecule has 74 heavy (non-hydrogen) atoms. The van der Waals surface area contributed by atoms with Crippen LogP contribution in [0.3, 0.4) is 0 Å². The minimum atomic E-state index is -4.70. The van der Waals surface area contributed by atoms with E-state index in [9.17, 15) is 19.0 Å². The Morgan fingerprint density at radius 1 is 0.473 bits per heavy atom. The molecule has 0 fully saturated rings. The number of rotatable bonds is 56. The zero-order valence-corrected chi connectivity index (χ0v) is 50.2. The van der Waals surface area contributed by atoms with Crippen LogP contribution in [0.5, 0.6) is 0 Å². The van der Waals surface area contributed by atoms with Crippen LogP contribution in [0.4, 0.5) is 0 Å². The Morgan fingerprint density at radius 2 is 0.824 bits per heavy atom. The Kier molecular flexibility index (Phi) is 52.4. The van der Waals surface area contributed by atoms with E-state index in [0.29, 0.717) is 23.9 Å². The van der Waals surface area contributed by atoms with Gasteiger partial charge in [-0.15, -0.1) is 0 Å². The summed E-state index contributed by atoms with van der Waals surface area (Å²) < 4.78 is 30.3. The van der Waals surface area contributed by atoms with E-state index in [4.69, 9.17) is 13.8 Å². The van der Waals surface area contributed by atoms with E-state index in [-0.39, 0.29) is 24.9 Å². The Hall–Kier alpha value is -2.29. The van der Waals surface area contributed by atoms with Crippen LogP contribution in [0.25, 0.3) is 0 Å². The van der Waals surface area contributed by atoms with E-state index in [2.05, 4.69) is 74.7 Å². The van der Waals surface area contributed by atoms with Gasteiger partial charge < -0.3 is 28.5 Å². The van der Waals surface area contributed by atoms with Crippen LogP contribution in [0.2, 0.25) is 0 Å². The summed E-state index contributed by atoms with van der Waals surface area (Å²) in [5, 5.41) is 3.02. The molecule has 3 unspecified atom stereocenters. The topological polar surface area (TPSA) is 114 Å². The maximum Gasteiger partial charge on any atom is 0.306 e. The largest absolute Gasteiger partial charge is 0.756 e. The van der Waals surface area contributed by atoms with E-state index in [1.807, 2.05) is 33.3 Å². The standard InChI is InChI=1S/C64H119N2O7P/c1-7-10-13-16-19-22-25-28-30-32-33-34-36-39-42-45-48-51-54-57-64(68)73-62(55-52-49-46-43-40-37-27-24-21-18-15-12-9-3)61(60-72-74(69,70)71-59-58-66(4,5)6)65-63(67)56-53-50-47-44-41-38-35-31-29-26-23-20-17-14-11-8-2/h19,22,28,30-31,33-35,52,55,61-62H,7-18,20-21,23-27,29,32,36-51,53-54,56-60H2,1-6H3,(H-,65,67,69,70)/b22-19-,30-28-,34-33-,35-31+,55-52+. The summed E-state index contributed by atoms with van der Waals surface area (Å²) in [5.41, 5.74) is 0. The molecule has 0 aromatic rings. The third-order valence-electron chi connectivity index (χ3n) is 13.7. The molecule has 0 aliphatic heterocycles. The number of allylic oxidation sites excluding steroid dienone is 9. The number of ether oxygens (including phenoxy) is 1. The number of phosphoric acid groups is 1. The Labute approximate surface area is 458 Å². The van der Waals surface area contributed by atoms with Gasteiger partial charge in [-0.1, -0.05) is 236 Å². The molecule has 0 spiro atoms. The van der Waals surface area contributed by atoms with E-state index in [1.165, 1.54) is 148 Å². The summed E-state index contributed by atoms with van der Waals surface area (Å²) in [4.78, 5) is 40.0. The van der Waals surface area contributed by atoms with E-state index < -0.39 is 26.6 Å². The predicted molar refractivity (Wildman–Crippen MR) is 316 cm³/mol. The molecule has 0 aliphatic carbocycles. The maximum atomic E-state index is 13.5. The van der Waals surface area contributed by atoms with Crippen LogP contribution in [-0.4, -0.2) is 69.4 Å². The van der Waals surface area contributed by atoms with Gasteiger partial charge in [-0.25, -0.2) is 0 Å². The zero-order chi connectivity index (χ0) is 54.3. The number of hydrogen-bond donors (Lipinski definition) is 1. The van der Waals surface area contributed by atoms with Crippen molar-refractivity contribution in [3.8, 4) is 0 Å². The lowest BCUT2D eigenvalue weighted by Crippen LogP contribution is -2.47. The fourth-order valence-corrected chi connectivity index (χ4v) is 9.54. The van der Waals surface area contributed by atoms with Crippen LogP contribution >= 0.6 is 7.82 Å². The number of quaternary nitrogens is 1. The molecule has 0 radical (unpaired) electrons. The molecule has 432 valence electrons. The van der Waals surface area contributed by atoms with Gasteiger partial charge in [0.15, 0.2) is 0 Å². The zero-order valence-electron chi connectivity index (χ0n) is 49.3. The summed E-state index contributed by atoms with van der Waals surface area (Å²) in [6.45, 7) is 6.81. The predicted octanol–water partition coefficient (Wildman–Crippen LogP) is 18.4. The van der Waals surface area contributed by atoms with Crippen molar-refractivity contribution in [3.05, 3.63) is 60.8 Å². The van der Waals surface area contributed by atoms with Gasteiger partial charge >= 0.3 is 5.97 Å². The van der Waals surface area contributed by atoms with Crippen molar-refractivity contribution in [2.24, 2.45) is 0 Å². The summed E-state index contributed by atoms with van der Waals surface area (Å²) >= 11 is 0. The first kappa shape index (κ1) is 71.7. The second kappa shape index (κ2) is 54.1. The molecule has 0 aromatic carbocycles.